The molecule has 6 nitrogen and oxygen atoms in total. The number of aromatic nitrogens is 4. The van der Waals surface area contributed by atoms with Crippen LogP contribution >= 0.6 is 0 Å². The van der Waals surface area contributed by atoms with Crippen molar-refractivity contribution in [1.82, 2.24) is 19.6 Å². The molecule has 0 fully saturated rings. The average Bonchev–Trinajstić information content (AvgIpc) is 3.09. The Morgan fingerprint density at radius 3 is 2.76 bits per heavy atom. The summed E-state index contributed by atoms with van der Waals surface area (Å²) < 4.78 is 3.27. The van der Waals surface area contributed by atoms with Gasteiger partial charge in [-0.1, -0.05) is 43.2 Å². The first-order valence-electron chi connectivity index (χ1n) is 8.50. The van der Waals surface area contributed by atoms with Crippen LogP contribution in [0.3, 0.4) is 0 Å². The molecule has 0 aliphatic rings. The van der Waals surface area contributed by atoms with Crippen LogP contribution in [-0.2, 0) is 0 Å². The molecule has 1 N–H and O–H groups in total. The van der Waals surface area contributed by atoms with Crippen molar-refractivity contribution >= 4 is 0 Å². The van der Waals surface area contributed by atoms with Gasteiger partial charge in [0.15, 0.2) is 5.75 Å². The summed E-state index contributed by atoms with van der Waals surface area (Å²) in [6.45, 7) is 4.12. The number of aromatic hydroxyl groups is 1. The van der Waals surface area contributed by atoms with Crippen LogP contribution < -0.4 is 5.56 Å². The van der Waals surface area contributed by atoms with Crippen molar-refractivity contribution in [2.24, 2.45) is 0 Å². The molecular weight excluding hydrogens is 316 g/mol. The van der Waals surface area contributed by atoms with E-state index in [1.165, 1.54) is 10.6 Å². The zero-order chi connectivity index (χ0) is 17.8. The first kappa shape index (κ1) is 17.0. The fraction of sp³-hybridized carbons (Fsp3) is 0.316. The smallest absolute Gasteiger partial charge is 0.293 e. The third-order valence-corrected chi connectivity index (χ3v) is 4.34. The van der Waals surface area contributed by atoms with Crippen molar-refractivity contribution in [3.63, 3.8) is 0 Å². The minimum absolute atomic E-state index is 0.252. The number of unbranched alkanes of at least 4 members (excludes halogenated alkanes) is 1. The molecule has 0 aliphatic heterocycles. The van der Waals surface area contributed by atoms with E-state index in [-0.39, 0.29) is 11.8 Å². The average molecular weight is 338 g/mol. The van der Waals surface area contributed by atoms with Gasteiger partial charge in [0.1, 0.15) is 5.69 Å². The molecular formula is C19H22N4O2. The lowest BCUT2D eigenvalue weighted by Gasteiger charge is -2.17. The second-order valence-corrected chi connectivity index (χ2v) is 6.14. The maximum absolute atomic E-state index is 12.3. The summed E-state index contributed by atoms with van der Waals surface area (Å²) in [5, 5.41) is 18.3. The summed E-state index contributed by atoms with van der Waals surface area (Å²) >= 11 is 0. The van der Waals surface area contributed by atoms with Gasteiger partial charge in [0.05, 0.1) is 17.9 Å². The summed E-state index contributed by atoms with van der Waals surface area (Å²) in [6.07, 6.45) is 6.26. The van der Waals surface area contributed by atoms with Gasteiger partial charge < -0.3 is 9.67 Å². The minimum Gasteiger partial charge on any atom is -0.503 e. The van der Waals surface area contributed by atoms with Crippen LogP contribution in [0, 0.1) is 6.92 Å². The molecule has 0 amide bonds. The zero-order valence-electron chi connectivity index (χ0n) is 14.5. The van der Waals surface area contributed by atoms with Gasteiger partial charge in [-0.3, -0.25) is 4.79 Å². The molecule has 1 unspecified atom stereocenters. The van der Waals surface area contributed by atoms with Crippen LogP contribution in [0.5, 0.6) is 5.75 Å². The Balaban J connectivity index is 2.02. The molecule has 0 saturated carbocycles. The summed E-state index contributed by atoms with van der Waals surface area (Å²) in [4.78, 5) is 12.3. The van der Waals surface area contributed by atoms with Crippen molar-refractivity contribution in [3.05, 3.63) is 70.4 Å². The Kier molecular flexibility index (Phi) is 4.97. The third kappa shape index (κ3) is 3.47. The van der Waals surface area contributed by atoms with E-state index in [0.29, 0.717) is 5.69 Å². The number of aryl methyl sites for hydroxylation is 1. The molecule has 1 atom stereocenters. The van der Waals surface area contributed by atoms with E-state index in [1.807, 2.05) is 37.4 Å². The number of nitrogens with zero attached hydrogens (tertiary/aromatic N) is 4. The van der Waals surface area contributed by atoms with Crippen LogP contribution in [0.2, 0.25) is 0 Å². The fourth-order valence-corrected chi connectivity index (χ4v) is 2.94. The van der Waals surface area contributed by atoms with E-state index in [0.717, 1.165) is 30.5 Å². The van der Waals surface area contributed by atoms with Crippen LogP contribution in [0.15, 0.2) is 53.6 Å². The van der Waals surface area contributed by atoms with E-state index in [4.69, 9.17) is 0 Å². The molecule has 0 saturated heterocycles. The van der Waals surface area contributed by atoms with E-state index in [1.54, 1.807) is 16.9 Å². The van der Waals surface area contributed by atoms with Crippen LogP contribution in [0.25, 0.3) is 5.69 Å². The number of pyridine rings is 1. The van der Waals surface area contributed by atoms with E-state index >= 15 is 0 Å². The molecule has 1 aromatic carbocycles. The van der Waals surface area contributed by atoms with E-state index in [9.17, 15) is 9.90 Å². The molecule has 3 rings (SSSR count). The van der Waals surface area contributed by atoms with Gasteiger partial charge in [-0.15, -0.1) is 5.10 Å². The fourth-order valence-electron chi connectivity index (χ4n) is 2.94. The van der Waals surface area contributed by atoms with Gasteiger partial charge in [0.2, 0.25) is 0 Å². The Morgan fingerprint density at radius 1 is 1.20 bits per heavy atom. The van der Waals surface area contributed by atoms with Crippen molar-refractivity contribution in [2.45, 2.75) is 39.2 Å². The predicted molar refractivity (Wildman–Crippen MR) is 96.1 cm³/mol. The maximum atomic E-state index is 12.3. The Bertz CT molecular complexity index is 914. The molecule has 2 heterocycles. The van der Waals surface area contributed by atoms with Crippen molar-refractivity contribution < 1.29 is 5.11 Å². The number of benzene rings is 1. The highest BCUT2D eigenvalue weighted by atomic mass is 16.3. The minimum atomic E-state index is -0.408. The second kappa shape index (κ2) is 7.34. The summed E-state index contributed by atoms with van der Waals surface area (Å²) in [6, 6.07) is 10.8. The number of hydrogen-bond donors (Lipinski definition) is 1. The number of rotatable bonds is 6. The summed E-state index contributed by atoms with van der Waals surface area (Å²) in [5.41, 5.74) is 2.36. The summed E-state index contributed by atoms with van der Waals surface area (Å²) in [7, 11) is 0. The molecule has 6 heteroatoms. The van der Waals surface area contributed by atoms with Crippen molar-refractivity contribution in [2.75, 3.05) is 0 Å². The first-order chi connectivity index (χ1) is 12.1. The SMILES string of the molecule is CCCCC(c1cn(-c2ccccc2C)nn1)n1cccc(O)c1=O. The maximum Gasteiger partial charge on any atom is 0.293 e. The molecule has 3 aromatic rings. The summed E-state index contributed by atoms with van der Waals surface area (Å²) in [5.74, 6) is -0.254. The van der Waals surface area contributed by atoms with Gasteiger partial charge >= 0.3 is 0 Å². The highest BCUT2D eigenvalue weighted by Crippen LogP contribution is 2.23. The molecule has 0 bridgehead atoms. The Labute approximate surface area is 146 Å². The Hall–Kier alpha value is -2.89. The second-order valence-electron chi connectivity index (χ2n) is 6.14. The van der Waals surface area contributed by atoms with Crippen LogP contribution in [0.1, 0.15) is 43.5 Å². The van der Waals surface area contributed by atoms with Crippen molar-refractivity contribution in [3.8, 4) is 11.4 Å². The zero-order valence-corrected chi connectivity index (χ0v) is 14.5. The van der Waals surface area contributed by atoms with Crippen LogP contribution in [0.4, 0.5) is 0 Å². The topological polar surface area (TPSA) is 72.9 Å². The lowest BCUT2D eigenvalue weighted by Crippen LogP contribution is -2.25. The largest absolute Gasteiger partial charge is 0.503 e. The molecule has 25 heavy (non-hydrogen) atoms. The lowest BCUT2D eigenvalue weighted by molar-refractivity contribution is 0.436. The molecule has 0 spiro atoms. The normalized spacial score (nSPS) is 12.2. The van der Waals surface area contributed by atoms with Gasteiger partial charge in [-0.2, -0.15) is 0 Å². The Morgan fingerprint density at radius 2 is 2.00 bits per heavy atom. The van der Waals surface area contributed by atoms with Crippen molar-refractivity contribution in [1.29, 1.82) is 0 Å². The van der Waals surface area contributed by atoms with Crippen LogP contribution in [-0.4, -0.2) is 24.7 Å². The molecule has 130 valence electrons. The van der Waals surface area contributed by atoms with E-state index < -0.39 is 5.56 Å². The lowest BCUT2D eigenvalue weighted by atomic mass is 10.1. The highest BCUT2D eigenvalue weighted by Gasteiger charge is 2.20. The molecule has 2 aromatic heterocycles. The van der Waals surface area contributed by atoms with Gasteiger partial charge in [0, 0.05) is 6.20 Å². The van der Waals surface area contributed by atoms with Gasteiger partial charge in [0.25, 0.3) is 5.56 Å². The quantitative estimate of drug-likeness (QED) is 0.749. The van der Waals surface area contributed by atoms with Gasteiger partial charge in [-0.05, 0) is 37.1 Å². The highest BCUT2D eigenvalue weighted by molar-refractivity contribution is 5.39. The van der Waals surface area contributed by atoms with Gasteiger partial charge in [-0.25, -0.2) is 4.68 Å². The number of para-hydroxylation sites is 1. The molecule has 0 aliphatic carbocycles. The molecule has 0 radical (unpaired) electrons. The first-order valence-corrected chi connectivity index (χ1v) is 8.50. The standard InChI is InChI=1S/C19H22N4O2/c1-3-4-9-17(22-12-7-11-18(24)19(22)25)15-13-23(21-20-15)16-10-6-5-8-14(16)2/h5-8,10-13,17,24H,3-4,9H2,1-2H3. The van der Waals surface area contributed by atoms with E-state index in [2.05, 4.69) is 17.2 Å². The monoisotopic (exact) mass is 338 g/mol. The predicted octanol–water partition coefficient (Wildman–Crippen LogP) is 3.22. The number of hydrogen-bond acceptors (Lipinski definition) is 4. The third-order valence-electron chi connectivity index (χ3n) is 4.34.